The Kier molecular flexibility index (Phi) is 5.32. The molecule has 2 N–H and O–H groups in total. The Morgan fingerprint density at radius 3 is 2.65 bits per heavy atom. The number of carbonyl (C=O) groups excluding carboxylic acids is 1. The highest BCUT2D eigenvalue weighted by atomic mass is 32.1. The van der Waals surface area contributed by atoms with Gasteiger partial charge in [-0.25, -0.2) is 5.43 Å². The van der Waals surface area contributed by atoms with E-state index in [9.17, 15) is 4.79 Å². The molecule has 1 aromatic heterocycles. The maximum Gasteiger partial charge on any atom is 0.259 e. The molecule has 0 unspecified atom stereocenters. The van der Waals surface area contributed by atoms with Gasteiger partial charge in [-0.1, -0.05) is 31.2 Å². The highest BCUT2D eigenvalue weighted by molar-refractivity contribution is 7.12. The number of hydrogen-bond acceptors (Lipinski definition) is 4. The van der Waals surface area contributed by atoms with Gasteiger partial charge < -0.3 is 5.32 Å². The third-order valence-corrected chi connectivity index (χ3v) is 3.60. The fraction of sp³-hybridized carbons (Fsp3) is 0.200. The van der Waals surface area contributed by atoms with E-state index in [1.54, 1.807) is 11.3 Å². The zero-order valence-corrected chi connectivity index (χ0v) is 12.1. The van der Waals surface area contributed by atoms with Crippen LogP contribution in [0.4, 0.5) is 5.69 Å². The van der Waals surface area contributed by atoms with Crippen molar-refractivity contribution in [1.29, 1.82) is 0 Å². The number of benzene rings is 1. The van der Waals surface area contributed by atoms with Gasteiger partial charge in [0.25, 0.3) is 5.91 Å². The van der Waals surface area contributed by atoms with Gasteiger partial charge in [0.2, 0.25) is 0 Å². The van der Waals surface area contributed by atoms with Crippen molar-refractivity contribution in [2.24, 2.45) is 5.10 Å². The fourth-order valence-corrected chi connectivity index (χ4v) is 2.45. The van der Waals surface area contributed by atoms with Gasteiger partial charge in [-0.2, -0.15) is 5.10 Å². The number of para-hydroxylation sites is 1. The molecule has 0 radical (unpaired) electrons. The van der Waals surface area contributed by atoms with Crippen molar-refractivity contribution in [3.63, 3.8) is 0 Å². The Hall–Kier alpha value is -2.14. The van der Waals surface area contributed by atoms with Gasteiger partial charge in [0.05, 0.1) is 17.1 Å². The van der Waals surface area contributed by atoms with Gasteiger partial charge in [-0.3, -0.25) is 4.79 Å². The summed E-state index contributed by atoms with van der Waals surface area (Å²) in [6, 6.07) is 13.6. The summed E-state index contributed by atoms with van der Waals surface area (Å²) in [5, 5.41) is 9.23. The average Bonchev–Trinajstić information content (AvgIpc) is 3.01. The van der Waals surface area contributed by atoms with Crippen molar-refractivity contribution in [3.8, 4) is 0 Å². The third kappa shape index (κ3) is 4.20. The first-order valence-electron chi connectivity index (χ1n) is 6.47. The molecule has 1 aromatic carbocycles. The summed E-state index contributed by atoms with van der Waals surface area (Å²) >= 11 is 1.62. The summed E-state index contributed by atoms with van der Waals surface area (Å²) in [5.41, 5.74) is 4.40. The van der Waals surface area contributed by atoms with Crippen molar-refractivity contribution in [1.82, 2.24) is 5.43 Å². The summed E-state index contributed by atoms with van der Waals surface area (Å²) in [7, 11) is 0. The molecule has 0 saturated carbocycles. The Labute approximate surface area is 122 Å². The van der Waals surface area contributed by atoms with Crippen LogP contribution < -0.4 is 10.7 Å². The number of rotatable bonds is 6. The lowest BCUT2D eigenvalue weighted by Gasteiger charge is -2.06. The molecular formula is C15H17N3OS. The van der Waals surface area contributed by atoms with E-state index < -0.39 is 0 Å². The van der Waals surface area contributed by atoms with Gasteiger partial charge in [-0.15, -0.1) is 11.3 Å². The van der Waals surface area contributed by atoms with E-state index in [2.05, 4.69) is 15.8 Å². The molecular weight excluding hydrogens is 270 g/mol. The molecule has 5 heteroatoms. The lowest BCUT2D eigenvalue weighted by Crippen LogP contribution is -2.26. The molecule has 1 heterocycles. The molecule has 0 spiro atoms. The molecule has 104 valence electrons. The number of hydrazone groups is 1. The monoisotopic (exact) mass is 287 g/mol. The van der Waals surface area contributed by atoms with Crippen LogP contribution in [0.15, 0.2) is 52.9 Å². The number of carbonyl (C=O) groups is 1. The highest BCUT2D eigenvalue weighted by Crippen LogP contribution is 2.11. The number of thiophene rings is 1. The molecule has 0 aliphatic rings. The van der Waals surface area contributed by atoms with Crippen LogP contribution in [0.2, 0.25) is 0 Å². The molecule has 2 rings (SSSR count). The fourth-order valence-electron chi connectivity index (χ4n) is 1.66. The van der Waals surface area contributed by atoms with Gasteiger partial charge in [0.1, 0.15) is 0 Å². The second kappa shape index (κ2) is 7.45. The maximum atomic E-state index is 11.7. The number of hydrogen-bond donors (Lipinski definition) is 2. The smallest absolute Gasteiger partial charge is 0.259 e. The number of anilines is 1. The van der Waals surface area contributed by atoms with E-state index in [0.717, 1.165) is 22.7 Å². The first-order chi connectivity index (χ1) is 9.79. The molecule has 0 aliphatic carbocycles. The van der Waals surface area contributed by atoms with E-state index in [1.807, 2.05) is 54.8 Å². The Morgan fingerprint density at radius 1 is 1.20 bits per heavy atom. The Balaban J connectivity index is 1.85. The average molecular weight is 287 g/mol. The zero-order valence-electron chi connectivity index (χ0n) is 11.3. The quantitative estimate of drug-likeness (QED) is 0.633. The van der Waals surface area contributed by atoms with Crippen LogP contribution in [-0.2, 0) is 4.79 Å². The topological polar surface area (TPSA) is 53.5 Å². The maximum absolute atomic E-state index is 11.7. The van der Waals surface area contributed by atoms with Crippen LogP contribution in [0.5, 0.6) is 0 Å². The normalized spacial score (nSPS) is 11.2. The van der Waals surface area contributed by atoms with Crippen molar-refractivity contribution in [2.45, 2.75) is 13.3 Å². The zero-order chi connectivity index (χ0) is 14.2. The van der Waals surface area contributed by atoms with E-state index in [4.69, 9.17) is 0 Å². The van der Waals surface area contributed by atoms with Crippen LogP contribution in [0.1, 0.15) is 18.2 Å². The van der Waals surface area contributed by atoms with Crippen molar-refractivity contribution < 1.29 is 4.79 Å². The largest absolute Gasteiger partial charge is 0.376 e. The van der Waals surface area contributed by atoms with Crippen LogP contribution in [0.25, 0.3) is 0 Å². The van der Waals surface area contributed by atoms with Gasteiger partial charge in [0.15, 0.2) is 0 Å². The first kappa shape index (κ1) is 14.3. The van der Waals surface area contributed by atoms with E-state index in [1.165, 1.54) is 0 Å². The van der Waals surface area contributed by atoms with Crippen LogP contribution in [0, 0.1) is 0 Å². The highest BCUT2D eigenvalue weighted by Gasteiger charge is 2.04. The van der Waals surface area contributed by atoms with Crippen molar-refractivity contribution in [3.05, 3.63) is 52.7 Å². The number of amides is 1. The van der Waals surface area contributed by atoms with Gasteiger partial charge in [0, 0.05) is 5.69 Å². The lowest BCUT2D eigenvalue weighted by atomic mass is 10.2. The molecule has 2 aromatic rings. The summed E-state index contributed by atoms with van der Waals surface area (Å²) in [6.07, 6.45) is 0.785. The minimum atomic E-state index is -0.156. The number of nitrogens with one attached hydrogen (secondary N) is 2. The second-order valence-corrected chi connectivity index (χ2v) is 5.09. The van der Waals surface area contributed by atoms with E-state index in [-0.39, 0.29) is 12.5 Å². The molecule has 0 fully saturated rings. The predicted molar refractivity (Wildman–Crippen MR) is 84.2 cm³/mol. The lowest BCUT2D eigenvalue weighted by molar-refractivity contribution is -0.119. The molecule has 0 bridgehead atoms. The summed E-state index contributed by atoms with van der Waals surface area (Å²) < 4.78 is 0. The molecule has 0 saturated heterocycles. The molecule has 1 amide bonds. The van der Waals surface area contributed by atoms with E-state index >= 15 is 0 Å². The SMILES string of the molecule is CC/C(=N/NC(=O)CNc1ccccc1)c1cccs1. The Morgan fingerprint density at radius 2 is 2.00 bits per heavy atom. The summed E-state index contributed by atoms with van der Waals surface area (Å²) in [4.78, 5) is 12.8. The second-order valence-electron chi connectivity index (χ2n) is 4.14. The van der Waals surface area contributed by atoms with Crippen molar-refractivity contribution in [2.75, 3.05) is 11.9 Å². The molecule has 0 aliphatic heterocycles. The van der Waals surface area contributed by atoms with Crippen LogP contribution in [-0.4, -0.2) is 18.2 Å². The van der Waals surface area contributed by atoms with Gasteiger partial charge in [-0.05, 0) is 30.0 Å². The van der Waals surface area contributed by atoms with Crippen molar-refractivity contribution >= 4 is 28.6 Å². The predicted octanol–water partition coefficient (Wildman–Crippen LogP) is 3.09. The molecule has 20 heavy (non-hydrogen) atoms. The summed E-state index contributed by atoms with van der Waals surface area (Å²) in [6.45, 7) is 2.22. The molecule has 4 nitrogen and oxygen atoms in total. The van der Waals surface area contributed by atoms with Gasteiger partial charge >= 0.3 is 0 Å². The first-order valence-corrected chi connectivity index (χ1v) is 7.35. The van der Waals surface area contributed by atoms with Crippen LogP contribution >= 0.6 is 11.3 Å². The van der Waals surface area contributed by atoms with E-state index in [0.29, 0.717) is 0 Å². The third-order valence-electron chi connectivity index (χ3n) is 2.68. The Bertz CT molecular complexity index is 564. The van der Waals surface area contributed by atoms with Crippen LogP contribution in [0.3, 0.4) is 0 Å². The minimum absolute atomic E-state index is 0.156. The standard InChI is InChI=1S/C15H17N3OS/c1-2-13(14-9-6-10-20-14)17-18-15(19)11-16-12-7-4-3-5-8-12/h3-10,16H,2,11H2,1H3,(H,18,19)/b17-13-. The molecule has 0 atom stereocenters. The number of nitrogens with zero attached hydrogens (tertiary/aromatic N) is 1. The minimum Gasteiger partial charge on any atom is -0.376 e. The summed E-state index contributed by atoms with van der Waals surface area (Å²) in [5.74, 6) is -0.156.